The summed E-state index contributed by atoms with van der Waals surface area (Å²) in [6.07, 6.45) is 2.69. The quantitative estimate of drug-likeness (QED) is 0.743. The minimum Gasteiger partial charge on any atom is -0.431 e. The first-order valence-corrected chi connectivity index (χ1v) is 9.19. The third kappa shape index (κ3) is 3.55. The fourth-order valence-corrected chi connectivity index (χ4v) is 5.95. The number of carbonyl (C=O) groups excluding carboxylic acids is 1. The van der Waals surface area contributed by atoms with Gasteiger partial charge in [-0.25, -0.2) is 0 Å². The smallest absolute Gasteiger partial charge is 0.222 e. The maximum absolute atomic E-state index is 11.5. The summed E-state index contributed by atoms with van der Waals surface area (Å²) < 4.78 is 0. The van der Waals surface area contributed by atoms with E-state index in [1.165, 1.54) is 0 Å². The van der Waals surface area contributed by atoms with Crippen molar-refractivity contribution in [2.75, 3.05) is 13.1 Å². The number of hydrogen-bond acceptors (Lipinski definition) is 2. The maximum Gasteiger partial charge on any atom is 0.222 e. The van der Waals surface area contributed by atoms with E-state index in [9.17, 15) is 9.59 Å². The fourth-order valence-electron chi connectivity index (χ4n) is 2.74. The van der Waals surface area contributed by atoms with Gasteiger partial charge in [0.2, 0.25) is 5.91 Å². The van der Waals surface area contributed by atoms with Crippen molar-refractivity contribution >= 4 is 14.2 Å². The highest BCUT2D eigenvalue weighted by Gasteiger charge is 2.38. The van der Waals surface area contributed by atoms with E-state index in [1.807, 2.05) is 4.90 Å². The summed E-state index contributed by atoms with van der Waals surface area (Å²) in [6, 6.07) is 0.923. The lowest BCUT2D eigenvalue weighted by atomic mass is 10.4. The van der Waals surface area contributed by atoms with Gasteiger partial charge in [0.05, 0.1) is 0 Å². The number of hydrogen-bond donors (Lipinski definition) is 1. The van der Waals surface area contributed by atoms with Crippen molar-refractivity contribution in [1.82, 2.24) is 4.90 Å². The maximum atomic E-state index is 11.5. The third-order valence-electron chi connectivity index (χ3n) is 4.18. The van der Waals surface area contributed by atoms with Gasteiger partial charge in [0, 0.05) is 19.5 Å². The van der Waals surface area contributed by atoms with Gasteiger partial charge in [-0.3, -0.25) is 4.79 Å². The van der Waals surface area contributed by atoms with Crippen molar-refractivity contribution in [2.45, 2.75) is 64.1 Å². The van der Waals surface area contributed by atoms with E-state index in [0.29, 0.717) is 17.0 Å². The standard InChI is InChI=1S/C13H27NO2Si/c1-11(2)17(16,12(3)4)10-6-9-14-8-5-7-13(14)15/h11-12,16H,5-10H2,1-4H3. The molecule has 1 rings (SSSR count). The summed E-state index contributed by atoms with van der Waals surface area (Å²) in [6.45, 7) is 10.3. The molecule has 0 atom stereocenters. The van der Waals surface area contributed by atoms with Gasteiger partial charge < -0.3 is 9.70 Å². The molecule has 0 bridgehead atoms. The predicted octanol–water partition coefficient (Wildman–Crippen LogP) is 2.76. The molecule has 1 amide bonds. The lowest BCUT2D eigenvalue weighted by Gasteiger charge is -2.33. The van der Waals surface area contributed by atoms with Gasteiger partial charge in [0.1, 0.15) is 0 Å². The zero-order valence-corrected chi connectivity index (χ0v) is 12.7. The number of nitrogens with zero attached hydrogens (tertiary/aromatic N) is 1. The van der Waals surface area contributed by atoms with Gasteiger partial charge in [0.25, 0.3) is 0 Å². The van der Waals surface area contributed by atoms with E-state index in [1.54, 1.807) is 0 Å². The van der Waals surface area contributed by atoms with E-state index in [-0.39, 0.29) is 0 Å². The van der Waals surface area contributed by atoms with Crippen molar-refractivity contribution in [3.63, 3.8) is 0 Å². The van der Waals surface area contributed by atoms with Crippen LogP contribution in [0.4, 0.5) is 0 Å². The van der Waals surface area contributed by atoms with E-state index in [4.69, 9.17) is 0 Å². The van der Waals surface area contributed by atoms with Crippen LogP contribution in [0.2, 0.25) is 17.1 Å². The summed E-state index contributed by atoms with van der Waals surface area (Å²) >= 11 is 0. The molecule has 0 aromatic heterocycles. The highest BCUT2D eigenvalue weighted by atomic mass is 28.4. The summed E-state index contributed by atoms with van der Waals surface area (Å²) in [5.74, 6) is 0.296. The predicted molar refractivity (Wildman–Crippen MR) is 73.4 cm³/mol. The van der Waals surface area contributed by atoms with Gasteiger partial charge >= 0.3 is 0 Å². The van der Waals surface area contributed by atoms with Crippen LogP contribution in [0, 0.1) is 0 Å². The Morgan fingerprint density at radius 1 is 1.29 bits per heavy atom. The Labute approximate surface area is 106 Å². The molecule has 0 radical (unpaired) electrons. The summed E-state index contributed by atoms with van der Waals surface area (Å²) in [7, 11) is -2.14. The highest BCUT2D eigenvalue weighted by Crippen LogP contribution is 2.34. The van der Waals surface area contributed by atoms with Crippen molar-refractivity contribution in [2.24, 2.45) is 0 Å². The van der Waals surface area contributed by atoms with E-state index >= 15 is 0 Å². The molecule has 1 N–H and O–H groups in total. The molecule has 1 saturated heterocycles. The van der Waals surface area contributed by atoms with E-state index in [0.717, 1.165) is 38.4 Å². The van der Waals surface area contributed by atoms with Crippen molar-refractivity contribution < 1.29 is 9.59 Å². The number of likely N-dealkylation sites (tertiary alicyclic amines) is 1. The van der Waals surface area contributed by atoms with Crippen molar-refractivity contribution in [3.8, 4) is 0 Å². The highest BCUT2D eigenvalue weighted by molar-refractivity contribution is 6.75. The van der Waals surface area contributed by atoms with E-state index in [2.05, 4.69) is 27.7 Å². The summed E-state index contributed by atoms with van der Waals surface area (Å²) in [5, 5.41) is 0. The normalized spacial score (nSPS) is 17.6. The van der Waals surface area contributed by atoms with Gasteiger partial charge in [-0.1, -0.05) is 27.7 Å². The second-order valence-electron chi connectivity index (χ2n) is 5.89. The lowest BCUT2D eigenvalue weighted by molar-refractivity contribution is -0.127. The molecule has 0 spiro atoms. The molecule has 0 saturated carbocycles. The first kappa shape index (κ1) is 14.7. The molecular weight excluding hydrogens is 230 g/mol. The average molecular weight is 257 g/mol. The zero-order chi connectivity index (χ0) is 13.1. The molecule has 0 aliphatic carbocycles. The van der Waals surface area contributed by atoms with Crippen LogP contribution in [0.5, 0.6) is 0 Å². The summed E-state index contributed by atoms with van der Waals surface area (Å²) in [4.78, 5) is 24.2. The Balaban J connectivity index is 2.40. The minimum atomic E-state index is -2.14. The van der Waals surface area contributed by atoms with Crippen molar-refractivity contribution in [1.29, 1.82) is 0 Å². The third-order valence-corrected chi connectivity index (χ3v) is 9.33. The molecule has 4 heteroatoms. The molecular formula is C13H27NO2Si. The molecule has 1 fully saturated rings. The van der Waals surface area contributed by atoms with Crippen LogP contribution in [0.1, 0.15) is 47.0 Å². The first-order valence-electron chi connectivity index (χ1n) is 6.88. The zero-order valence-electron chi connectivity index (χ0n) is 11.7. The van der Waals surface area contributed by atoms with Gasteiger partial charge in [-0.15, -0.1) is 0 Å². The Morgan fingerprint density at radius 3 is 2.29 bits per heavy atom. The average Bonchev–Trinajstić information content (AvgIpc) is 2.63. The van der Waals surface area contributed by atoms with Crippen LogP contribution in [0.25, 0.3) is 0 Å². The molecule has 0 unspecified atom stereocenters. The largest absolute Gasteiger partial charge is 0.431 e. The molecule has 1 heterocycles. The number of rotatable bonds is 6. The van der Waals surface area contributed by atoms with Crippen LogP contribution in [-0.4, -0.2) is 37.0 Å². The second-order valence-corrected chi connectivity index (χ2v) is 10.7. The first-order chi connectivity index (χ1) is 7.88. The van der Waals surface area contributed by atoms with Gasteiger partial charge in [0.15, 0.2) is 8.32 Å². The molecule has 100 valence electrons. The van der Waals surface area contributed by atoms with Crippen LogP contribution in [0.3, 0.4) is 0 Å². The van der Waals surface area contributed by atoms with Crippen LogP contribution in [-0.2, 0) is 4.79 Å². The van der Waals surface area contributed by atoms with Crippen LogP contribution >= 0.6 is 0 Å². The number of amides is 1. The Kier molecular flexibility index (Phi) is 5.19. The van der Waals surface area contributed by atoms with Crippen LogP contribution < -0.4 is 0 Å². The Hall–Kier alpha value is -0.353. The van der Waals surface area contributed by atoms with Crippen LogP contribution in [0.15, 0.2) is 0 Å². The molecule has 3 nitrogen and oxygen atoms in total. The SMILES string of the molecule is CC(C)[Si](O)(CCCN1CCCC1=O)C(C)C. The number of carbonyl (C=O) groups is 1. The van der Waals surface area contributed by atoms with E-state index < -0.39 is 8.32 Å². The molecule has 0 aromatic rings. The van der Waals surface area contributed by atoms with Gasteiger partial charge in [-0.05, 0) is 30.0 Å². The second kappa shape index (κ2) is 6.00. The Morgan fingerprint density at radius 2 is 1.88 bits per heavy atom. The Bertz CT molecular complexity index is 258. The topological polar surface area (TPSA) is 40.5 Å². The minimum absolute atomic E-state index is 0.296. The van der Waals surface area contributed by atoms with Crippen molar-refractivity contribution in [3.05, 3.63) is 0 Å². The van der Waals surface area contributed by atoms with Gasteiger partial charge in [-0.2, -0.15) is 0 Å². The molecule has 17 heavy (non-hydrogen) atoms. The fraction of sp³-hybridized carbons (Fsp3) is 0.923. The molecule has 0 aromatic carbocycles. The summed E-state index contributed by atoms with van der Waals surface area (Å²) in [5.41, 5.74) is 0.800. The molecule has 1 aliphatic rings. The molecule has 1 aliphatic heterocycles. The lowest BCUT2D eigenvalue weighted by Crippen LogP contribution is -2.42. The monoisotopic (exact) mass is 257 g/mol.